The lowest BCUT2D eigenvalue weighted by molar-refractivity contribution is -0.120. The summed E-state index contributed by atoms with van der Waals surface area (Å²) in [6.07, 6.45) is 3.23. The van der Waals surface area contributed by atoms with Gasteiger partial charge in [0.15, 0.2) is 0 Å². The van der Waals surface area contributed by atoms with Gasteiger partial charge in [0.1, 0.15) is 0 Å². The smallest absolute Gasteiger partial charge is 0.253 e. The molecule has 116 valence electrons. The number of rotatable bonds is 2. The van der Waals surface area contributed by atoms with Gasteiger partial charge in [0.2, 0.25) is 5.91 Å². The molecule has 2 amide bonds. The predicted octanol–water partition coefficient (Wildman–Crippen LogP) is 1.82. The Hall–Kier alpha value is -2.69. The molecule has 2 aliphatic heterocycles. The van der Waals surface area contributed by atoms with Crippen LogP contribution in [0.25, 0.3) is 0 Å². The van der Waals surface area contributed by atoms with Crippen molar-refractivity contribution in [3.05, 3.63) is 60.4 Å². The third-order valence-corrected chi connectivity index (χ3v) is 4.72. The first-order valence-corrected chi connectivity index (χ1v) is 7.80. The van der Waals surface area contributed by atoms with Gasteiger partial charge in [-0.1, -0.05) is 18.2 Å². The molecule has 0 spiro atoms. The minimum atomic E-state index is -0.0824. The third-order valence-electron chi connectivity index (χ3n) is 4.72. The van der Waals surface area contributed by atoms with E-state index in [9.17, 15) is 9.59 Å². The predicted molar refractivity (Wildman–Crippen MR) is 85.9 cm³/mol. The van der Waals surface area contributed by atoms with Gasteiger partial charge in [-0.2, -0.15) is 0 Å². The van der Waals surface area contributed by atoms with E-state index in [1.807, 2.05) is 35.2 Å². The maximum Gasteiger partial charge on any atom is 0.253 e. The fraction of sp³-hybridized carbons (Fsp3) is 0.278. The zero-order valence-electron chi connectivity index (χ0n) is 12.6. The van der Waals surface area contributed by atoms with Gasteiger partial charge in [-0.25, -0.2) is 0 Å². The van der Waals surface area contributed by atoms with Crippen LogP contribution in [-0.4, -0.2) is 41.3 Å². The monoisotopic (exact) mass is 307 g/mol. The number of hydrogen-bond donors (Lipinski definition) is 0. The molecule has 0 radical (unpaired) electrons. The molecule has 5 heteroatoms. The average Bonchev–Trinajstić information content (AvgIpc) is 3.16. The van der Waals surface area contributed by atoms with Gasteiger partial charge in [0, 0.05) is 49.2 Å². The fourth-order valence-electron chi connectivity index (χ4n) is 3.54. The molecule has 0 aliphatic carbocycles. The number of benzene rings is 1. The number of amides is 2. The topological polar surface area (TPSA) is 53.5 Å². The summed E-state index contributed by atoms with van der Waals surface area (Å²) in [5.41, 5.74) is 1.58. The molecule has 0 N–H and O–H groups in total. The normalized spacial score (nSPS) is 23.2. The van der Waals surface area contributed by atoms with Crippen LogP contribution in [0.4, 0.5) is 5.69 Å². The second kappa shape index (κ2) is 5.50. The first-order valence-electron chi connectivity index (χ1n) is 7.80. The number of aromatic nitrogens is 1. The molecule has 1 aromatic heterocycles. The Morgan fingerprint density at radius 2 is 1.74 bits per heavy atom. The molecular weight excluding hydrogens is 290 g/mol. The Bertz CT molecular complexity index is 732. The number of hydrogen-bond acceptors (Lipinski definition) is 3. The summed E-state index contributed by atoms with van der Waals surface area (Å²) in [7, 11) is 0. The second-order valence-corrected chi connectivity index (χ2v) is 6.10. The molecule has 2 saturated heterocycles. The largest absolute Gasteiger partial charge is 0.337 e. The first kappa shape index (κ1) is 13.9. The van der Waals surface area contributed by atoms with Crippen LogP contribution in [0.1, 0.15) is 10.4 Å². The van der Waals surface area contributed by atoms with Gasteiger partial charge < -0.3 is 9.80 Å². The number of fused-ring (bicyclic) bond motifs is 1. The van der Waals surface area contributed by atoms with E-state index >= 15 is 0 Å². The number of nitrogens with zero attached hydrogens (tertiary/aromatic N) is 3. The number of pyridine rings is 1. The maximum atomic E-state index is 12.7. The van der Waals surface area contributed by atoms with E-state index in [4.69, 9.17) is 0 Å². The number of para-hydroxylation sites is 1. The van der Waals surface area contributed by atoms with E-state index < -0.39 is 0 Å². The highest BCUT2D eigenvalue weighted by molar-refractivity contribution is 6.00. The van der Waals surface area contributed by atoms with Crippen molar-refractivity contribution in [2.75, 3.05) is 24.5 Å². The molecule has 23 heavy (non-hydrogen) atoms. The minimum Gasteiger partial charge on any atom is -0.337 e. The zero-order chi connectivity index (χ0) is 15.8. The molecule has 0 bridgehead atoms. The quantitative estimate of drug-likeness (QED) is 0.850. The minimum absolute atomic E-state index is 0.0131. The standard InChI is InChI=1S/C18H17N3O2/c22-17(13-6-8-19-9-7-13)20-10-14-11-21(18(23)16(14)12-20)15-4-2-1-3-5-15/h1-9,14,16H,10-12H2/t14-,16-/m1/s1. The van der Waals surface area contributed by atoms with E-state index in [1.54, 1.807) is 29.4 Å². The number of carbonyl (C=O) groups is 2. The van der Waals surface area contributed by atoms with E-state index in [1.165, 1.54) is 0 Å². The Kier molecular flexibility index (Phi) is 3.33. The Morgan fingerprint density at radius 1 is 1.00 bits per heavy atom. The van der Waals surface area contributed by atoms with E-state index in [2.05, 4.69) is 4.98 Å². The van der Waals surface area contributed by atoms with Gasteiger partial charge in [0.25, 0.3) is 5.91 Å². The third kappa shape index (κ3) is 2.38. The summed E-state index contributed by atoms with van der Waals surface area (Å²) < 4.78 is 0. The average molecular weight is 307 g/mol. The first-order chi connectivity index (χ1) is 11.2. The van der Waals surface area contributed by atoms with Crippen molar-refractivity contribution in [2.24, 2.45) is 11.8 Å². The summed E-state index contributed by atoms with van der Waals surface area (Å²) in [5.74, 6) is 0.251. The summed E-state index contributed by atoms with van der Waals surface area (Å²) in [6, 6.07) is 13.2. The lowest BCUT2D eigenvalue weighted by Gasteiger charge is -2.22. The van der Waals surface area contributed by atoms with Crippen molar-refractivity contribution in [3.63, 3.8) is 0 Å². The van der Waals surface area contributed by atoms with Crippen LogP contribution in [0, 0.1) is 11.8 Å². The van der Waals surface area contributed by atoms with Crippen molar-refractivity contribution in [1.82, 2.24) is 9.88 Å². The fourth-order valence-corrected chi connectivity index (χ4v) is 3.54. The SMILES string of the molecule is O=C(c1ccncc1)N1C[C@@H]2CN(c3ccccc3)C(=O)[C@@H]2C1. The Labute approximate surface area is 134 Å². The Balaban J connectivity index is 1.49. The van der Waals surface area contributed by atoms with Crippen molar-refractivity contribution in [3.8, 4) is 0 Å². The van der Waals surface area contributed by atoms with Gasteiger partial charge in [-0.05, 0) is 24.3 Å². The molecule has 4 rings (SSSR count). The number of likely N-dealkylation sites (tertiary alicyclic amines) is 1. The number of carbonyl (C=O) groups excluding carboxylic acids is 2. The highest BCUT2D eigenvalue weighted by Gasteiger charge is 2.47. The van der Waals surface area contributed by atoms with Crippen LogP contribution in [0.15, 0.2) is 54.9 Å². The summed E-state index contributed by atoms with van der Waals surface area (Å²) in [6.45, 7) is 1.84. The molecule has 2 aliphatic rings. The van der Waals surface area contributed by atoms with Gasteiger partial charge in [-0.3, -0.25) is 14.6 Å². The Morgan fingerprint density at radius 3 is 2.43 bits per heavy atom. The highest BCUT2D eigenvalue weighted by atomic mass is 16.2. The van der Waals surface area contributed by atoms with Gasteiger partial charge >= 0.3 is 0 Å². The van der Waals surface area contributed by atoms with Crippen LogP contribution in [0.5, 0.6) is 0 Å². The van der Waals surface area contributed by atoms with Crippen molar-refractivity contribution in [2.45, 2.75) is 0 Å². The molecule has 1 aromatic carbocycles. The van der Waals surface area contributed by atoms with Crippen molar-refractivity contribution >= 4 is 17.5 Å². The molecular formula is C18H17N3O2. The van der Waals surface area contributed by atoms with Crippen LogP contribution in [0.3, 0.4) is 0 Å². The number of anilines is 1. The molecule has 2 aromatic rings. The zero-order valence-corrected chi connectivity index (χ0v) is 12.6. The van der Waals surface area contributed by atoms with Crippen LogP contribution in [-0.2, 0) is 4.79 Å². The van der Waals surface area contributed by atoms with E-state index in [0.717, 1.165) is 5.69 Å². The summed E-state index contributed by atoms with van der Waals surface area (Å²) >= 11 is 0. The van der Waals surface area contributed by atoms with Crippen LogP contribution in [0.2, 0.25) is 0 Å². The second-order valence-electron chi connectivity index (χ2n) is 6.10. The van der Waals surface area contributed by atoms with E-state index in [-0.39, 0.29) is 23.7 Å². The molecule has 2 fully saturated rings. The molecule has 0 unspecified atom stereocenters. The lowest BCUT2D eigenvalue weighted by Crippen LogP contribution is -2.35. The van der Waals surface area contributed by atoms with Crippen LogP contribution >= 0.6 is 0 Å². The molecule has 2 atom stereocenters. The van der Waals surface area contributed by atoms with Gasteiger partial charge in [-0.15, -0.1) is 0 Å². The lowest BCUT2D eigenvalue weighted by atomic mass is 10.0. The summed E-state index contributed by atoms with van der Waals surface area (Å²) in [4.78, 5) is 32.8. The van der Waals surface area contributed by atoms with Gasteiger partial charge in [0.05, 0.1) is 5.92 Å². The van der Waals surface area contributed by atoms with Crippen LogP contribution < -0.4 is 4.90 Å². The molecule has 3 heterocycles. The van der Waals surface area contributed by atoms with Crippen molar-refractivity contribution < 1.29 is 9.59 Å². The van der Waals surface area contributed by atoms with Crippen molar-refractivity contribution in [1.29, 1.82) is 0 Å². The summed E-state index contributed by atoms with van der Waals surface area (Å²) in [5, 5.41) is 0. The van der Waals surface area contributed by atoms with E-state index in [0.29, 0.717) is 25.2 Å². The molecule has 0 saturated carbocycles. The maximum absolute atomic E-state index is 12.7. The molecule has 5 nitrogen and oxygen atoms in total. The highest BCUT2D eigenvalue weighted by Crippen LogP contribution is 2.35.